The molecule has 2 radical (unpaired) electrons. The monoisotopic (exact) mass is 141 g/mol. The van der Waals surface area contributed by atoms with Gasteiger partial charge in [-0.25, -0.2) is 0 Å². The third-order valence-corrected chi connectivity index (χ3v) is 2.58. The Morgan fingerprint density at radius 3 is 3.36 bits per heavy atom. The van der Waals surface area contributed by atoms with Gasteiger partial charge in [0.05, 0.1) is 0 Å². The molecule has 2 rings (SSSR count). The minimum atomic E-state index is 0.798. The summed E-state index contributed by atoms with van der Waals surface area (Å²) >= 11 is 0. The van der Waals surface area contributed by atoms with E-state index in [9.17, 15) is 0 Å². The second-order valence-electron chi connectivity index (χ2n) is 3.25. The Kier molecular flexibility index (Phi) is 2.01. The van der Waals surface area contributed by atoms with E-state index in [4.69, 9.17) is 0 Å². The summed E-state index contributed by atoms with van der Waals surface area (Å²) in [4.78, 5) is 4.31. The van der Waals surface area contributed by atoms with Crippen molar-refractivity contribution < 1.29 is 0 Å². The third-order valence-electron chi connectivity index (χ3n) is 2.58. The van der Waals surface area contributed by atoms with Gasteiger partial charge in [0.1, 0.15) is 0 Å². The molecular formula is C7H10B3N. The fourth-order valence-electron chi connectivity index (χ4n) is 1.80. The van der Waals surface area contributed by atoms with Crippen LogP contribution in [0.5, 0.6) is 0 Å². The zero-order valence-electron chi connectivity index (χ0n) is 6.88. The molecule has 0 saturated heterocycles. The van der Waals surface area contributed by atoms with E-state index in [1.165, 1.54) is 30.4 Å². The standard InChI is InChI=1S/C7H10B3N/c1-8-5-2-3-7-6(4-5)9-10-11-7/h5H,2-4H2,1H3. The normalized spacial score (nSPS) is 27.5. The van der Waals surface area contributed by atoms with E-state index in [1.807, 2.05) is 6.96 Å². The molecule has 0 aromatic carbocycles. The Bertz CT molecular complexity index is 222. The number of hydrogen-bond acceptors (Lipinski definition) is 1. The van der Waals surface area contributed by atoms with E-state index >= 15 is 0 Å². The van der Waals surface area contributed by atoms with Crippen molar-refractivity contribution in [3.8, 4) is 0 Å². The Morgan fingerprint density at radius 2 is 2.55 bits per heavy atom. The summed E-state index contributed by atoms with van der Waals surface area (Å²) in [6, 6.07) is 0. The summed E-state index contributed by atoms with van der Waals surface area (Å²) in [6.45, 7) is 4.09. The number of hydrogen-bond donors (Lipinski definition) is 0. The van der Waals surface area contributed by atoms with Crippen LogP contribution in [0.2, 0.25) is 12.6 Å². The van der Waals surface area contributed by atoms with Gasteiger partial charge < -0.3 is 0 Å². The molecule has 0 spiro atoms. The van der Waals surface area contributed by atoms with Crippen molar-refractivity contribution >= 4 is 21.4 Å². The summed E-state index contributed by atoms with van der Waals surface area (Å²) < 4.78 is 0. The Hall–Kier alpha value is -0.265. The molecule has 1 aliphatic carbocycles. The molecule has 1 heterocycles. The van der Waals surface area contributed by atoms with Crippen LogP contribution in [0.15, 0.2) is 16.1 Å². The second kappa shape index (κ2) is 3.00. The second-order valence-corrected chi connectivity index (χ2v) is 3.25. The molecule has 11 heavy (non-hydrogen) atoms. The molecule has 0 amide bonds. The molecule has 2 aliphatic rings. The van der Waals surface area contributed by atoms with Crippen LogP contribution in [0.4, 0.5) is 0 Å². The fourth-order valence-corrected chi connectivity index (χ4v) is 1.80. The molecule has 1 atom stereocenters. The fraction of sp³-hybridized carbons (Fsp3) is 0.714. The first-order valence-electron chi connectivity index (χ1n) is 4.29. The van der Waals surface area contributed by atoms with Crippen molar-refractivity contribution in [2.45, 2.75) is 31.9 Å². The molecule has 0 saturated carbocycles. The Labute approximate surface area is 70.1 Å². The average molecular weight is 141 g/mol. The van der Waals surface area contributed by atoms with Crippen LogP contribution in [0.1, 0.15) is 19.3 Å². The predicted molar refractivity (Wildman–Crippen MR) is 50.2 cm³/mol. The van der Waals surface area contributed by atoms with Crippen molar-refractivity contribution in [3.05, 3.63) is 11.2 Å². The zero-order chi connectivity index (χ0) is 7.68. The molecule has 0 aromatic heterocycles. The van der Waals surface area contributed by atoms with Gasteiger partial charge in [-0.3, -0.25) is 0 Å². The molecular weight excluding hydrogens is 131 g/mol. The van der Waals surface area contributed by atoms with Crippen molar-refractivity contribution in [2.75, 3.05) is 0 Å². The van der Waals surface area contributed by atoms with Crippen molar-refractivity contribution in [3.63, 3.8) is 0 Å². The SMILES string of the molecule is C[B]C1CCC2=C([B]B=N2)C1. The summed E-state index contributed by atoms with van der Waals surface area (Å²) in [5.41, 5.74) is 2.81. The summed E-state index contributed by atoms with van der Waals surface area (Å²) in [6.07, 6.45) is 3.68. The van der Waals surface area contributed by atoms with Gasteiger partial charge in [0.25, 0.3) is 0 Å². The van der Waals surface area contributed by atoms with Gasteiger partial charge in [-0.05, 0) is 0 Å². The van der Waals surface area contributed by atoms with Gasteiger partial charge in [0.15, 0.2) is 0 Å². The van der Waals surface area contributed by atoms with Crippen molar-refractivity contribution in [1.29, 1.82) is 0 Å². The molecule has 0 fully saturated rings. The number of allylic oxidation sites excluding steroid dienone is 2. The van der Waals surface area contributed by atoms with Gasteiger partial charge >= 0.3 is 69.4 Å². The van der Waals surface area contributed by atoms with E-state index in [2.05, 4.69) is 26.2 Å². The van der Waals surface area contributed by atoms with Crippen LogP contribution in [-0.2, 0) is 0 Å². The molecule has 1 unspecified atom stereocenters. The number of rotatable bonds is 1. The molecule has 1 aliphatic heterocycles. The topological polar surface area (TPSA) is 12.4 Å². The molecule has 0 aromatic rings. The van der Waals surface area contributed by atoms with Gasteiger partial charge in [0.2, 0.25) is 0 Å². The Balaban J connectivity index is 2.08. The average Bonchev–Trinajstić information content (AvgIpc) is 2.50. The van der Waals surface area contributed by atoms with Gasteiger partial charge in [-0.1, -0.05) is 0 Å². The molecule has 0 bridgehead atoms. The first-order valence-corrected chi connectivity index (χ1v) is 4.29. The molecule has 1 nitrogen and oxygen atoms in total. The first-order chi connectivity index (χ1) is 5.40. The summed E-state index contributed by atoms with van der Waals surface area (Å²) in [7, 11) is 4.47. The third kappa shape index (κ3) is 1.35. The maximum atomic E-state index is 4.31. The minimum absolute atomic E-state index is 0.798. The van der Waals surface area contributed by atoms with E-state index in [-0.39, 0.29) is 0 Å². The number of nitrogens with zero attached hydrogens (tertiary/aromatic N) is 1. The van der Waals surface area contributed by atoms with E-state index < -0.39 is 0 Å². The summed E-state index contributed by atoms with van der Waals surface area (Å²) in [5, 5.41) is 0. The van der Waals surface area contributed by atoms with Crippen LogP contribution in [-0.4, -0.2) is 21.4 Å². The van der Waals surface area contributed by atoms with Gasteiger partial charge in [0, 0.05) is 0 Å². The maximum absolute atomic E-state index is 4.31. The van der Waals surface area contributed by atoms with Crippen LogP contribution < -0.4 is 0 Å². The van der Waals surface area contributed by atoms with Gasteiger partial charge in [-0.15, -0.1) is 0 Å². The van der Waals surface area contributed by atoms with Crippen LogP contribution in [0.3, 0.4) is 0 Å². The molecule has 0 N–H and O–H groups in total. The van der Waals surface area contributed by atoms with E-state index in [0.717, 1.165) is 5.82 Å². The van der Waals surface area contributed by atoms with Crippen LogP contribution in [0.25, 0.3) is 0 Å². The van der Waals surface area contributed by atoms with Crippen molar-refractivity contribution in [1.82, 2.24) is 0 Å². The van der Waals surface area contributed by atoms with Crippen LogP contribution >= 0.6 is 0 Å². The Morgan fingerprint density at radius 1 is 1.64 bits per heavy atom. The zero-order valence-corrected chi connectivity index (χ0v) is 6.88. The first kappa shape index (κ1) is 7.39. The predicted octanol–water partition coefficient (Wildman–Crippen LogP) is 1.44. The van der Waals surface area contributed by atoms with Gasteiger partial charge in [-0.2, -0.15) is 0 Å². The van der Waals surface area contributed by atoms with Crippen LogP contribution in [0, 0.1) is 0 Å². The van der Waals surface area contributed by atoms with Crippen molar-refractivity contribution in [2.24, 2.45) is 4.90 Å². The van der Waals surface area contributed by atoms with E-state index in [0.29, 0.717) is 0 Å². The summed E-state index contributed by atoms with van der Waals surface area (Å²) in [5.74, 6) is 0.798. The quantitative estimate of drug-likeness (QED) is 0.489. The molecule has 4 heteroatoms. The van der Waals surface area contributed by atoms with E-state index in [1.54, 1.807) is 0 Å². The molecule has 52 valence electrons.